The number of aromatic nitrogens is 8. The average Bonchev–Trinajstić information content (AvgIpc) is 1.02. The lowest BCUT2D eigenvalue weighted by atomic mass is 9.77. The number of aromatic amines is 1. The van der Waals surface area contributed by atoms with E-state index < -0.39 is 0 Å². The van der Waals surface area contributed by atoms with Crippen molar-refractivity contribution < 1.29 is 4.42 Å². The topological polar surface area (TPSA) is 119 Å². The maximum Gasteiger partial charge on any atom is 0.112 e. The highest BCUT2D eigenvalue weighted by molar-refractivity contribution is 7.10. The molecule has 0 unspecified atom stereocenters. The first-order valence-electron chi connectivity index (χ1n) is 34.8. The summed E-state index contributed by atoms with van der Waals surface area (Å²) in [5, 5.41) is 2.13. The molecule has 0 aliphatic carbocycles. The number of H-pyrrole nitrogens is 1. The van der Waals surface area contributed by atoms with E-state index in [1.165, 1.54) is 60.5 Å². The highest BCUT2D eigenvalue weighted by Gasteiger charge is 2.24. The zero-order valence-corrected chi connectivity index (χ0v) is 68.4. The maximum absolute atomic E-state index is 5.20. The molecule has 0 saturated carbocycles. The van der Waals surface area contributed by atoms with Crippen LogP contribution in [0.4, 0.5) is 0 Å². The number of fused-ring (bicyclic) bond motifs is 1. The van der Waals surface area contributed by atoms with Crippen molar-refractivity contribution in [2.75, 3.05) is 0 Å². The van der Waals surface area contributed by atoms with Crippen LogP contribution in [0.25, 0.3) is 11.0 Å². The number of para-hydroxylation sites is 2. The monoisotopic (exact) mass is 1350 g/mol. The highest BCUT2D eigenvalue weighted by Crippen LogP contribution is 2.35. The molecule has 0 saturated heterocycles. The molecule has 0 aliphatic heterocycles. The summed E-state index contributed by atoms with van der Waals surface area (Å²) in [6, 6.07) is 32.7. The third kappa shape index (κ3) is 30.8. The molecule has 98 heavy (non-hydrogen) atoms. The molecule has 8 heterocycles. The van der Waals surface area contributed by atoms with Gasteiger partial charge in [0.2, 0.25) is 0 Å². The summed E-state index contributed by atoms with van der Waals surface area (Å²) < 4.78 is 5.20. The molecule has 10 heteroatoms. The summed E-state index contributed by atoms with van der Waals surface area (Å²) >= 11 is 1.83. The summed E-state index contributed by atoms with van der Waals surface area (Å²) in [5.41, 5.74) is 21.4. The number of nitrogens with zero attached hydrogens (tertiary/aromatic N) is 7. The van der Waals surface area contributed by atoms with Crippen LogP contribution < -0.4 is 0 Å². The fourth-order valence-electron chi connectivity index (χ4n) is 9.55. The van der Waals surface area contributed by atoms with Gasteiger partial charge in [0, 0.05) is 93.7 Å². The SMILES string of the molecule is CC(C)(C)c1ccccn1.CC(C)(C)c1cccnc1.CC(C)(C)c1ccco1.CC(C)(C)c1cccs1.CC(C)(C)c1ccncc1.CC(C)(C)c1cnccn1.CC(C)(C)c1nc2ccccc2[nH]1.Cc1c(C)c(C)c(C(C)(C)C)c(C)c1C.Cc1cc(C(C)(C)C)cnc1C. The van der Waals surface area contributed by atoms with Gasteiger partial charge >= 0.3 is 0 Å². The fourth-order valence-corrected chi connectivity index (χ4v) is 10.4. The van der Waals surface area contributed by atoms with Crippen LogP contribution in [0, 0.1) is 48.5 Å². The van der Waals surface area contributed by atoms with Crippen molar-refractivity contribution >= 4 is 22.4 Å². The second-order valence-electron chi connectivity index (χ2n) is 34.7. The molecule has 0 bridgehead atoms. The van der Waals surface area contributed by atoms with Gasteiger partial charge in [0.15, 0.2) is 0 Å². The van der Waals surface area contributed by atoms with Gasteiger partial charge in [-0.15, -0.1) is 11.3 Å². The van der Waals surface area contributed by atoms with Gasteiger partial charge in [-0.1, -0.05) is 223 Å². The van der Waals surface area contributed by atoms with E-state index in [2.05, 4.69) is 322 Å². The van der Waals surface area contributed by atoms with E-state index in [0.717, 1.165) is 39.7 Å². The Morgan fingerprint density at radius 2 is 0.888 bits per heavy atom. The van der Waals surface area contributed by atoms with Crippen LogP contribution >= 0.6 is 11.3 Å². The van der Waals surface area contributed by atoms with Gasteiger partial charge in [-0.3, -0.25) is 29.9 Å². The van der Waals surface area contributed by atoms with Crippen LogP contribution in [0.2, 0.25) is 0 Å². The smallest absolute Gasteiger partial charge is 0.112 e. The number of rotatable bonds is 0. The predicted molar refractivity (Wildman–Crippen MR) is 426 cm³/mol. The highest BCUT2D eigenvalue weighted by atomic mass is 32.1. The zero-order chi connectivity index (χ0) is 75.1. The Balaban J connectivity index is 0.000000377. The molecule has 2 aromatic carbocycles. The Morgan fingerprint density at radius 1 is 0.357 bits per heavy atom. The molecule has 1 N–H and O–H groups in total. The minimum atomic E-state index is 0.0962. The lowest BCUT2D eigenvalue weighted by molar-refractivity contribution is 0.409. The first-order valence-corrected chi connectivity index (χ1v) is 35.7. The van der Waals surface area contributed by atoms with Gasteiger partial charge in [0.05, 0.1) is 23.0 Å². The Bertz CT molecular complexity index is 3520. The minimum Gasteiger partial charge on any atom is -0.469 e. The number of thiophene rings is 1. The Labute approximate surface area is 600 Å². The largest absolute Gasteiger partial charge is 0.469 e. The van der Waals surface area contributed by atoms with E-state index in [4.69, 9.17) is 4.42 Å². The first-order chi connectivity index (χ1) is 44.8. The number of furan rings is 1. The average molecular weight is 1350 g/mol. The van der Waals surface area contributed by atoms with Gasteiger partial charge in [-0.2, -0.15) is 0 Å². The number of hydrogen-bond acceptors (Lipinski definition) is 9. The zero-order valence-electron chi connectivity index (χ0n) is 67.5. The van der Waals surface area contributed by atoms with E-state index in [1.807, 2.05) is 97.8 Å². The van der Waals surface area contributed by atoms with Gasteiger partial charge in [0.1, 0.15) is 11.6 Å². The van der Waals surface area contributed by atoms with Crippen molar-refractivity contribution in [2.24, 2.45) is 0 Å². The summed E-state index contributed by atoms with van der Waals surface area (Å²) in [6.07, 6.45) is 18.1. The van der Waals surface area contributed by atoms with Crippen LogP contribution in [0.5, 0.6) is 0 Å². The van der Waals surface area contributed by atoms with Crippen molar-refractivity contribution in [3.05, 3.63) is 254 Å². The molecule has 10 aromatic rings. The lowest BCUT2D eigenvalue weighted by Crippen LogP contribution is -2.17. The summed E-state index contributed by atoms with van der Waals surface area (Å²) in [7, 11) is 0. The van der Waals surface area contributed by atoms with Crippen molar-refractivity contribution in [1.29, 1.82) is 0 Å². The molecule has 9 nitrogen and oxygen atoms in total. The third-order valence-electron chi connectivity index (χ3n) is 16.4. The molecular weight excluding hydrogens is 1220 g/mol. The maximum atomic E-state index is 5.20. The quantitative estimate of drug-likeness (QED) is 0.159. The Kier molecular flexibility index (Phi) is 32.8. The van der Waals surface area contributed by atoms with Crippen molar-refractivity contribution in [1.82, 2.24) is 39.9 Å². The number of nitrogens with one attached hydrogen (secondary N) is 1. The van der Waals surface area contributed by atoms with Gasteiger partial charge in [-0.25, -0.2) is 4.98 Å². The lowest BCUT2D eigenvalue weighted by Gasteiger charge is -2.28. The Hall–Kier alpha value is -7.43. The molecule has 10 rings (SSSR count). The van der Waals surface area contributed by atoms with Crippen LogP contribution in [0.1, 0.15) is 276 Å². The Morgan fingerprint density at radius 3 is 1.22 bits per heavy atom. The van der Waals surface area contributed by atoms with Crippen LogP contribution in [0.15, 0.2) is 169 Å². The minimum absolute atomic E-state index is 0.0962. The molecule has 0 radical (unpaired) electrons. The molecule has 0 spiro atoms. The van der Waals surface area contributed by atoms with Crippen molar-refractivity contribution in [3.8, 4) is 0 Å². The van der Waals surface area contributed by atoms with Crippen LogP contribution in [0.3, 0.4) is 0 Å². The van der Waals surface area contributed by atoms with E-state index in [-0.39, 0.29) is 43.3 Å². The molecule has 0 amide bonds. The van der Waals surface area contributed by atoms with E-state index in [9.17, 15) is 0 Å². The van der Waals surface area contributed by atoms with Gasteiger partial charge in [0.25, 0.3) is 0 Å². The fraction of sp³-hybridized carbons (Fsp3) is 0.489. The predicted octanol–water partition coefficient (Wildman–Crippen LogP) is 24.9. The molecule has 534 valence electrons. The number of hydrogen-bond donors (Lipinski definition) is 1. The van der Waals surface area contributed by atoms with E-state index in [0.29, 0.717) is 5.41 Å². The first kappa shape index (κ1) is 86.7. The molecule has 0 aliphatic rings. The van der Waals surface area contributed by atoms with Crippen LogP contribution in [-0.4, -0.2) is 39.9 Å². The summed E-state index contributed by atoms with van der Waals surface area (Å²) in [4.78, 5) is 34.1. The normalized spacial score (nSPS) is 11.8. The van der Waals surface area contributed by atoms with Crippen molar-refractivity contribution in [2.45, 2.75) is 284 Å². The summed E-state index contributed by atoms with van der Waals surface area (Å²) in [5.74, 6) is 2.09. The standard InChI is InChI=1S/C15H24.C11H14N2.C11H17N.3C9H13N.C8H12N2.C8H12O.C8H12S/c1-9-10(2)12(4)14(15(6,7)8)13(5)11(9)3;1-11(2,3)10-12-8-6-4-5-7-9(8)13-10;1-8-6-10(11(3,4)5)7-12-9(8)2;1-9(2,3)8-4-6-10-7-5-8;1-9(2,3)8-5-4-6-10-7-8;1-9(2,3)8-6-4-5-7-10-8;1-8(2,3)7-6-9-4-5-10-7;2*1-8(2,3)7-5-4-6-9-7/h1-8H3;4-7H,1-3H3,(H,12,13);6-7H,1-5H3;3*4-7H,1-3H3;4-6H,1-3H3;2*4-6H,1-3H3. The third-order valence-corrected chi connectivity index (χ3v) is 17.7. The van der Waals surface area contributed by atoms with Crippen molar-refractivity contribution in [3.63, 3.8) is 0 Å². The molecular formula is C88H130N8OS. The van der Waals surface area contributed by atoms with Crippen LogP contribution in [-0.2, 0) is 48.7 Å². The number of benzene rings is 2. The van der Waals surface area contributed by atoms with Gasteiger partial charge in [-0.05, 0) is 197 Å². The molecule has 8 aromatic heterocycles. The number of aryl methyl sites for hydroxylation is 2. The number of imidazole rings is 1. The second-order valence-corrected chi connectivity index (χ2v) is 35.7. The second kappa shape index (κ2) is 37.1. The van der Waals surface area contributed by atoms with Gasteiger partial charge < -0.3 is 9.40 Å². The van der Waals surface area contributed by atoms with E-state index in [1.54, 1.807) is 31.1 Å². The van der Waals surface area contributed by atoms with E-state index >= 15 is 0 Å². The molecule has 0 atom stereocenters. The molecule has 0 fully saturated rings. The summed E-state index contributed by atoms with van der Waals surface area (Å²) in [6.45, 7) is 74.5. The number of pyridine rings is 4.